The molecule has 1 unspecified atom stereocenters. The number of carboxylic acid groups (broad SMARTS) is 1. The number of aliphatic hydroxyl groups excluding tert-OH is 1. The van der Waals surface area contributed by atoms with Gasteiger partial charge in [0.15, 0.2) is 0 Å². The van der Waals surface area contributed by atoms with Crippen molar-refractivity contribution < 1.29 is 24.3 Å². The average molecular weight is 615 g/mol. The van der Waals surface area contributed by atoms with E-state index in [2.05, 4.69) is 5.16 Å². The number of carboxylic acids is 1. The Bertz CT molecular complexity index is 1540. The van der Waals surface area contributed by atoms with Gasteiger partial charge in [0.05, 0.1) is 21.2 Å². The van der Waals surface area contributed by atoms with Crippen molar-refractivity contribution in [3.63, 3.8) is 0 Å². The lowest BCUT2D eigenvalue weighted by molar-refractivity contribution is 0.0696. The third-order valence-corrected chi connectivity index (χ3v) is 8.41. The number of rotatable bonds is 12. The highest BCUT2D eigenvalue weighted by Gasteiger charge is 2.33. The van der Waals surface area contributed by atoms with Gasteiger partial charge in [0, 0.05) is 23.1 Å². The van der Waals surface area contributed by atoms with Gasteiger partial charge in [0.2, 0.25) is 0 Å². The average Bonchev–Trinajstić information content (AvgIpc) is 3.70. The van der Waals surface area contributed by atoms with Crippen LogP contribution in [0.5, 0.6) is 5.75 Å². The van der Waals surface area contributed by atoms with Crippen LogP contribution in [0, 0.1) is 6.92 Å². The van der Waals surface area contributed by atoms with Crippen molar-refractivity contribution in [2.75, 3.05) is 6.61 Å². The van der Waals surface area contributed by atoms with E-state index in [0.29, 0.717) is 57.3 Å². The number of halogens is 3. The van der Waals surface area contributed by atoms with Crippen LogP contribution < -0.4 is 4.74 Å². The van der Waals surface area contributed by atoms with Crippen LogP contribution >= 0.6 is 34.8 Å². The van der Waals surface area contributed by atoms with E-state index in [1.54, 1.807) is 36.4 Å². The zero-order chi connectivity index (χ0) is 29.1. The van der Waals surface area contributed by atoms with Crippen molar-refractivity contribution in [2.45, 2.75) is 57.5 Å². The zero-order valence-electron chi connectivity index (χ0n) is 22.5. The summed E-state index contributed by atoms with van der Waals surface area (Å²) in [5.41, 5.74) is 5.01. The number of aliphatic hydroxyl groups is 1. The molecule has 0 aliphatic heterocycles. The predicted octanol–water partition coefficient (Wildman–Crippen LogP) is 8.86. The fraction of sp³-hybridized carbons (Fsp3) is 0.312. The summed E-state index contributed by atoms with van der Waals surface area (Å²) < 4.78 is 11.9. The van der Waals surface area contributed by atoms with Gasteiger partial charge in [-0.3, -0.25) is 0 Å². The molecule has 3 aromatic carbocycles. The Labute approximate surface area is 253 Å². The first kappa shape index (κ1) is 29.5. The van der Waals surface area contributed by atoms with Crippen molar-refractivity contribution >= 4 is 40.8 Å². The van der Waals surface area contributed by atoms with E-state index >= 15 is 0 Å². The first-order valence-corrected chi connectivity index (χ1v) is 14.7. The lowest BCUT2D eigenvalue weighted by Gasteiger charge is -2.18. The first-order chi connectivity index (χ1) is 19.7. The molecule has 1 aliphatic carbocycles. The minimum Gasteiger partial charge on any atom is -0.489 e. The van der Waals surface area contributed by atoms with Gasteiger partial charge in [0.25, 0.3) is 0 Å². The molecule has 0 bridgehead atoms. The van der Waals surface area contributed by atoms with Crippen molar-refractivity contribution in [1.82, 2.24) is 5.16 Å². The molecule has 0 saturated heterocycles. The van der Waals surface area contributed by atoms with Crippen LogP contribution in [0.25, 0.3) is 11.3 Å². The topological polar surface area (TPSA) is 92.8 Å². The smallest absolute Gasteiger partial charge is 0.335 e. The van der Waals surface area contributed by atoms with E-state index in [1.165, 1.54) is 0 Å². The van der Waals surface area contributed by atoms with Crippen molar-refractivity contribution in [3.05, 3.63) is 103 Å². The molecule has 9 heteroatoms. The summed E-state index contributed by atoms with van der Waals surface area (Å²) in [4.78, 5) is 11.5. The van der Waals surface area contributed by atoms with E-state index in [1.807, 2.05) is 25.1 Å². The molecule has 1 aliphatic rings. The van der Waals surface area contributed by atoms with Gasteiger partial charge in [-0.25, -0.2) is 4.79 Å². The second-order valence-corrected chi connectivity index (χ2v) is 11.7. The highest BCUT2D eigenvalue weighted by atomic mass is 35.5. The molecule has 1 saturated carbocycles. The molecule has 1 fully saturated rings. The second-order valence-electron chi connectivity index (χ2n) is 10.5. The molecule has 1 aromatic heterocycles. The third kappa shape index (κ3) is 6.90. The van der Waals surface area contributed by atoms with E-state index in [4.69, 9.17) is 44.1 Å². The summed E-state index contributed by atoms with van der Waals surface area (Å²) in [5, 5.41) is 25.0. The molecule has 1 atom stereocenters. The number of ether oxygens (including phenoxy) is 1. The SMILES string of the molecule is Cc1cc(C(=O)O)cc(C(CCO)CCc2ccc(OCc3c(-c4c(Cl)cccc4Cl)noc3C3CC3)cc2Cl)c1. The lowest BCUT2D eigenvalue weighted by atomic mass is 9.88. The number of aryl methyl sites for hydroxylation is 2. The molecule has 0 amide bonds. The highest BCUT2D eigenvalue weighted by molar-refractivity contribution is 6.39. The fourth-order valence-electron chi connectivity index (χ4n) is 5.16. The summed E-state index contributed by atoms with van der Waals surface area (Å²) in [5.74, 6) is 0.753. The molecule has 2 N–H and O–H groups in total. The maximum atomic E-state index is 11.5. The van der Waals surface area contributed by atoms with Gasteiger partial charge < -0.3 is 19.5 Å². The van der Waals surface area contributed by atoms with Crippen LogP contribution in [0.2, 0.25) is 15.1 Å². The fourth-order valence-corrected chi connectivity index (χ4v) is 6.00. The Morgan fingerprint density at radius 2 is 1.80 bits per heavy atom. The molecular weight excluding hydrogens is 585 g/mol. The Morgan fingerprint density at radius 1 is 1.05 bits per heavy atom. The van der Waals surface area contributed by atoms with Gasteiger partial charge in [-0.05, 0) is 98.0 Å². The molecule has 0 radical (unpaired) electrons. The maximum Gasteiger partial charge on any atom is 0.335 e. The normalized spacial score (nSPS) is 13.8. The molecule has 6 nitrogen and oxygen atoms in total. The summed E-state index contributed by atoms with van der Waals surface area (Å²) in [7, 11) is 0. The minimum absolute atomic E-state index is 0.00511. The lowest BCUT2D eigenvalue weighted by Crippen LogP contribution is -2.07. The number of aromatic carboxylic acids is 1. The van der Waals surface area contributed by atoms with Crippen molar-refractivity contribution in [2.24, 2.45) is 0 Å². The van der Waals surface area contributed by atoms with Crippen LogP contribution in [-0.2, 0) is 13.0 Å². The van der Waals surface area contributed by atoms with E-state index in [0.717, 1.165) is 40.9 Å². The Hall–Kier alpha value is -3.03. The van der Waals surface area contributed by atoms with Crippen LogP contribution in [-0.4, -0.2) is 27.9 Å². The number of carbonyl (C=O) groups is 1. The van der Waals surface area contributed by atoms with Gasteiger partial charge >= 0.3 is 5.97 Å². The Morgan fingerprint density at radius 3 is 2.46 bits per heavy atom. The number of benzene rings is 3. The standard InChI is InChI=1S/C32H30Cl3NO5/c1-18-13-22(15-23(14-18)32(38)39)19(11-12-37)5-6-20-9-10-24(16-28(20)35)40-17-25-30(36-41-31(25)21-7-8-21)29-26(33)3-2-4-27(29)34/h2-4,9-10,13-16,19,21,37H,5-8,11-12,17H2,1H3,(H,38,39). The maximum absolute atomic E-state index is 11.5. The molecule has 0 spiro atoms. The van der Waals surface area contributed by atoms with Gasteiger partial charge in [0.1, 0.15) is 23.8 Å². The van der Waals surface area contributed by atoms with E-state index in [9.17, 15) is 15.0 Å². The molecule has 41 heavy (non-hydrogen) atoms. The highest BCUT2D eigenvalue weighted by Crippen LogP contribution is 2.46. The molecular formula is C32H30Cl3NO5. The summed E-state index contributed by atoms with van der Waals surface area (Å²) in [6.07, 6.45) is 3.97. The second kappa shape index (κ2) is 12.9. The number of nitrogens with zero attached hydrogens (tertiary/aromatic N) is 1. The summed E-state index contributed by atoms with van der Waals surface area (Å²) >= 11 is 19.6. The number of hydrogen-bond donors (Lipinski definition) is 2. The largest absolute Gasteiger partial charge is 0.489 e. The zero-order valence-corrected chi connectivity index (χ0v) is 24.8. The van der Waals surface area contributed by atoms with Gasteiger partial charge in [-0.2, -0.15) is 0 Å². The predicted molar refractivity (Wildman–Crippen MR) is 161 cm³/mol. The Balaban J connectivity index is 1.30. The van der Waals surface area contributed by atoms with Crippen LogP contribution in [0.3, 0.4) is 0 Å². The quantitative estimate of drug-likeness (QED) is 0.166. The summed E-state index contributed by atoms with van der Waals surface area (Å²) in [6.45, 7) is 2.11. The number of aromatic nitrogens is 1. The summed E-state index contributed by atoms with van der Waals surface area (Å²) in [6, 6.07) is 16.3. The van der Waals surface area contributed by atoms with E-state index < -0.39 is 5.97 Å². The van der Waals surface area contributed by atoms with Gasteiger partial charge in [-0.15, -0.1) is 0 Å². The first-order valence-electron chi connectivity index (χ1n) is 13.5. The van der Waals surface area contributed by atoms with E-state index in [-0.39, 0.29) is 24.7 Å². The van der Waals surface area contributed by atoms with Crippen LogP contribution in [0.4, 0.5) is 0 Å². The number of hydrogen-bond acceptors (Lipinski definition) is 5. The molecule has 5 rings (SSSR count). The van der Waals surface area contributed by atoms with Crippen LogP contribution in [0.1, 0.15) is 75.9 Å². The third-order valence-electron chi connectivity index (χ3n) is 7.43. The molecule has 4 aromatic rings. The minimum atomic E-state index is -0.964. The Kier molecular flexibility index (Phi) is 9.25. The van der Waals surface area contributed by atoms with Crippen molar-refractivity contribution in [1.29, 1.82) is 0 Å². The van der Waals surface area contributed by atoms with Crippen molar-refractivity contribution in [3.8, 4) is 17.0 Å². The monoisotopic (exact) mass is 613 g/mol. The molecule has 1 heterocycles. The van der Waals surface area contributed by atoms with Crippen LogP contribution in [0.15, 0.2) is 59.1 Å². The van der Waals surface area contributed by atoms with Gasteiger partial charge in [-0.1, -0.05) is 58.2 Å². The molecule has 214 valence electrons.